The van der Waals surface area contributed by atoms with Crippen molar-refractivity contribution >= 4 is 127 Å². The lowest BCUT2D eigenvalue weighted by molar-refractivity contribution is 0.495. The number of hydrogen-bond acceptors (Lipinski definition) is 0. The largest absolute Gasteiger partial charge is 0.135 e. The van der Waals surface area contributed by atoms with Crippen LogP contribution in [0.4, 0.5) is 0 Å². The van der Waals surface area contributed by atoms with Crippen molar-refractivity contribution < 1.29 is 0 Å². The molecule has 0 aromatic carbocycles. The maximum atomic E-state index is 3.55. The van der Waals surface area contributed by atoms with Crippen molar-refractivity contribution in [3.05, 3.63) is 0 Å². The maximum absolute atomic E-state index is 3.55. The first-order chi connectivity index (χ1) is 5.00. The van der Waals surface area contributed by atoms with Crippen LogP contribution >= 0.6 is 127 Å². The summed E-state index contributed by atoms with van der Waals surface area (Å²) in [5.74, 6) is 0. The molecule has 0 aromatic heterocycles. The van der Waals surface area contributed by atoms with Crippen molar-refractivity contribution in [3.8, 4) is 0 Å². The lowest BCUT2D eigenvalue weighted by Gasteiger charge is -2.64. The third-order valence-electron chi connectivity index (χ3n) is 1.58. The summed E-state index contributed by atoms with van der Waals surface area (Å²) in [6.45, 7) is 0. The van der Waals surface area contributed by atoms with Crippen molar-refractivity contribution in [1.29, 1.82) is 0 Å². The van der Waals surface area contributed by atoms with Gasteiger partial charge in [0.05, 0.1) is 0 Å². The predicted octanol–water partition coefficient (Wildman–Crippen LogP) is 5.94. The Balaban J connectivity index is 3.16. The summed E-state index contributed by atoms with van der Waals surface area (Å²) in [5.41, 5.74) is 0. The smallest absolute Gasteiger partial charge is 0.0675 e. The first-order valence-corrected chi connectivity index (χ1v) is 8.86. The second-order valence-corrected chi connectivity index (χ2v) is 16.1. The van der Waals surface area contributed by atoms with E-state index >= 15 is 0 Å². The molecule has 12 heavy (non-hydrogen) atoms. The van der Waals surface area contributed by atoms with Crippen molar-refractivity contribution in [1.82, 2.24) is 0 Å². The van der Waals surface area contributed by atoms with E-state index in [-0.39, 0.29) is 12.9 Å². The highest BCUT2D eigenvalue weighted by Crippen LogP contribution is 2.82. The first kappa shape index (κ1) is 13.9. The summed E-state index contributed by atoms with van der Waals surface area (Å²) in [5, 5.41) is 0. The zero-order valence-corrected chi connectivity index (χ0v) is 17.7. The Labute approximate surface area is 138 Å². The monoisotopic (exact) mass is 679 g/mol. The first-order valence-electron chi connectivity index (χ1n) is 2.51. The highest BCUT2D eigenvalue weighted by molar-refractivity contribution is 9.37. The van der Waals surface area contributed by atoms with Gasteiger partial charge >= 0.3 is 0 Å². The van der Waals surface area contributed by atoms with Crippen LogP contribution in [0.25, 0.3) is 0 Å². The van der Waals surface area contributed by atoms with E-state index in [4.69, 9.17) is 0 Å². The van der Waals surface area contributed by atoms with Gasteiger partial charge in [0.25, 0.3) is 0 Å². The van der Waals surface area contributed by atoms with E-state index in [0.29, 0.717) is 0 Å². The lowest BCUT2D eigenvalue weighted by atomic mass is 9.98. The quantitative estimate of drug-likeness (QED) is 0.277. The van der Waals surface area contributed by atoms with E-state index in [1.807, 2.05) is 0 Å². The summed E-state index contributed by atoms with van der Waals surface area (Å²) in [6.07, 6.45) is 0. The van der Waals surface area contributed by atoms with Gasteiger partial charge in [-0.25, -0.2) is 0 Å². The van der Waals surface area contributed by atoms with Crippen LogP contribution in [0.1, 0.15) is 0 Å². The highest BCUT2D eigenvalue weighted by Gasteiger charge is 2.83. The molecule has 1 fully saturated rings. The molecular formula is C4Br8. The molecular weight excluding hydrogens is 687 g/mol. The second kappa shape index (κ2) is 3.67. The molecule has 0 aliphatic heterocycles. The molecule has 0 radical (unpaired) electrons. The predicted molar refractivity (Wildman–Crippen MR) is 82.3 cm³/mol. The van der Waals surface area contributed by atoms with Gasteiger partial charge in [-0.3, -0.25) is 0 Å². The fourth-order valence-electron chi connectivity index (χ4n) is 0.726. The molecule has 1 rings (SSSR count). The number of halogens is 8. The van der Waals surface area contributed by atoms with Gasteiger partial charge in [-0.05, 0) is 0 Å². The SMILES string of the molecule is BrC1(Br)C(Br)(Br)C(Br)(Br)C1(Br)Br. The van der Waals surface area contributed by atoms with E-state index in [1.165, 1.54) is 0 Å². The Morgan fingerprint density at radius 1 is 0.333 bits per heavy atom. The molecule has 0 bridgehead atoms. The Kier molecular flexibility index (Phi) is 4.25. The van der Waals surface area contributed by atoms with Gasteiger partial charge in [-0.15, -0.1) is 0 Å². The minimum atomic E-state index is -0.354. The minimum Gasteiger partial charge on any atom is -0.0675 e. The number of rotatable bonds is 0. The maximum Gasteiger partial charge on any atom is 0.135 e. The fraction of sp³-hybridized carbons (Fsp3) is 1.00. The fourth-order valence-corrected chi connectivity index (χ4v) is 9.74. The summed E-state index contributed by atoms with van der Waals surface area (Å²) in [4.78, 5) is 0. The van der Waals surface area contributed by atoms with Gasteiger partial charge in [0, 0.05) is 0 Å². The van der Waals surface area contributed by atoms with Crippen LogP contribution in [0, 0.1) is 0 Å². The zero-order valence-electron chi connectivity index (χ0n) is 5.02. The molecule has 0 nitrogen and oxygen atoms in total. The van der Waals surface area contributed by atoms with Crippen LogP contribution in [0.15, 0.2) is 0 Å². The summed E-state index contributed by atoms with van der Waals surface area (Å²) in [6, 6.07) is 0. The van der Waals surface area contributed by atoms with Gasteiger partial charge in [0.1, 0.15) is 12.9 Å². The Hall–Kier alpha value is 3.84. The van der Waals surface area contributed by atoms with Gasteiger partial charge in [-0.2, -0.15) is 0 Å². The summed E-state index contributed by atoms with van der Waals surface area (Å²) < 4.78 is -1.42. The van der Waals surface area contributed by atoms with Crippen LogP contribution in [-0.4, -0.2) is 12.9 Å². The number of hydrogen-bond donors (Lipinski definition) is 0. The van der Waals surface area contributed by atoms with E-state index < -0.39 is 0 Å². The third-order valence-corrected chi connectivity index (χ3v) is 19.6. The minimum absolute atomic E-state index is 0.354. The second-order valence-electron chi connectivity index (χ2n) is 2.30. The van der Waals surface area contributed by atoms with Crippen molar-refractivity contribution in [2.75, 3.05) is 0 Å². The van der Waals surface area contributed by atoms with Crippen LogP contribution in [-0.2, 0) is 0 Å². The van der Waals surface area contributed by atoms with Crippen LogP contribution in [0.3, 0.4) is 0 Å². The van der Waals surface area contributed by atoms with Crippen molar-refractivity contribution in [3.63, 3.8) is 0 Å². The molecule has 1 saturated carbocycles. The van der Waals surface area contributed by atoms with Gasteiger partial charge < -0.3 is 0 Å². The molecule has 1 aliphatic rings. The Morgan fingerprint density at radius 2 is 0.417 bits per heavy atom. The molecule has 0 amide bonds. The molecule has 1 aliphatic carbocycles. The van der Waals surface area contributed by atoms with E-state index in [1.54, 1.807) is 0 Å². The average molecular weight is 687 g/mol. The van der Waals surface area contributed by atoms with Gasteiger partial charge in [0.2, 0.25) is 0 Å². The molecule has 0 aromatic rings. The standard InChI is InChI=1S/C4Br8/c5-1(6)2(7,8)4(11,12)3(1,9)10. The average Bonchev–Trinajstić information content (AvgIpc) is 1.84. The highest BCUT2D eigenvalue weighted by atomic mass is 79.9. The topological polar surface area (TPSA) is 0 Å². The molecule has 0 saturated heterocycles. The van der Waals surface area contributed by atoms with Crippen molar-refractivity contribution in [2.45, 2.75) is 12.9 Å². The molecule has 72 valence electrons. The van der Waals surface area contributed by atoms with Gasteiger partial charge in [-0.1, -0.05) is 127 Å². The zero-order chi connectivity index (χ0) is 10.0. The molecule has 0 atom stereocenters. The van der Waals surface area contributed by atoms with Crippen molar-refractivity contribution in [2.24, 2.45) is 0 Å². The van der Waals surface area contributed by atoms with E-state index in [2.05, 4.69) is 127 Å². The van der Waals surface area contributed by atoms with Gasteiger partial charge in [0.15, 0.2) is 0 Å². The Morgan fingerprint density at radius 3 is 0.500 bits per heavy atom. The van der Waals surface area contributed by atoms with E-state index in [0.717, 1.165) is 0 Å². The summed E-state index contributed by atoms with van der Waals surface area (Å²) in [7, 11) is 0. The van der Waals surface area contributed by atoms with E-state index in [9.17, 15) is 0 Å². The molecule has 8 heteroatoms. The molecule has 0 N–H and O–H groups in total. The van der Waals surface area contributed by atoms with Crippen LogP contribution in [0.5, 0.6) is 0 Å². The van der Waals surface area contributed by atoms with Crippen LogP contribution in [0.2, 0.25) is 0 Å². The molecule has 0 unspecified atom stereocenters. The molecule has 0 heterocycles. The Bertz CT molecular complexity index is 151. The van der Waals surface area contributed by atoms with Crippen LogP contribution < -0.4 is 0 Å². The molecule has 0 spiro atoms. The lowest BCUT2D eigenvalue weighted by Crippen LogP contribution is -2.76. The third kappa shape index (κ3) is 1.44. The number of alkyl halides is 8. The normalized spacial score (nSPS) is 34.0. The summed E-state index contributed by atoms with van der Waals surface area (Å²) >= 11 is 28.4.